The van der Waals surface area contributed by atoms with E-state index in [-0.39, 0.29) is 11.2 Å². The summed E-state index contributed by atoms with van der Waals surface area (Å²) in [5.74, 6) is -0.172. The SMILES string of the molecule is C1=COCCC1.CC1(C)CC=CC(F)=C1c1ccccc1N. The van der Waals surface area contributed by atoms with Crippen molar-refractivity contribution >= 4 is 11.3 Å². The number of ether oxygens (including phenoxy) is 1. The third kappa shape index (κ3) is 4.00. The minimum absolute atomic E-state index is 0.172. The van der Waals surface area contributed by atoms with Gasteiger partial charge in [-0.2, -0.15) is 0 Å². The quantitative estimate of drug-likeness (QED) is 0.719. The average Bonchev–Trinajstić information content (AvgIpc) is 2.51. The molecule has 2 aliphatic rings. The molecule has 1 aromatic rings. The van der Waals surface area contributed by atoms with E-state index in [4.69, 9.17) is 10.5 Å². The molecule has 118 valence electrons. The van der Waals surface area contributed by atoms with Crippen molar-refractivity contribution in [1.29, 1.82) is 0 Å². The normalized spacial score (nSPS) is 19.2. The number of allylic oxidation sites excluding steroid dienone is 5. The van der Waals surface area contributed by atoms with Crippen LogP contribution in [0.1, 0.15) is 38.7 Å². The molecule has 2 nitrogen and oxygen atoms in total. The van der Waals surface area contributed by atoms with Crippen LogP contribution in [-0.4, -0.2) is 6.61 Å². The fourth-order valence-corrected chi connectivity index (χ4v) is 2.67. The third-order valence-electron chi connectivity index (χ3n) is 3.86. The molecule has 3 rings (SSSR count). The van der Waals surface area contributed by atoms with Gasteiger partial charge in [-0.25, -0.2) is 4.39 Å². The number of anilines is 1. The number of nitrogen functional groups attached to an aromatic ring is 1. The van der Waals surface area contributed by atoms with Crippen LogP contribution in [0.4, 0.5) is 10.1 Å². The molecular formula is C19H24FNO. The second kappa shape index (κ2) is 7.30. The molecule has 0 unspecified atom stereocenters. The van der Waals surface area contributed by atoms with Gasteiger partial charge in [-0.15, -0.1) is 0 Å². The Morgan fingerprint density at radius 2 is 1.95 bits per heavy atom. The molecule has 3 heteroatoms. The van der Waals surface area contributed by atoms with Crippen LogP contribution < -0.4 is 5.73 Å². The zero-order chi connectivity index (χ0) is 16.0. The summed E-state index contributed by atoms with van der Waals surface area (Å²) < 4.78 is 18.8. The van der Waals surface area contributed by atoms with Crippen molar-refractivity contribution in [3.63, 3.8) is 0 Å². The van der Waals surface area contributed by atoms with E-state index in [0.717, 1.165) is 18.6 Å². The molecule has 0 spiro atoms. The Morgan fingerprint density at radius 3 is 2.45 bits per heavy atom. The van der Waals surface area contributed by atoms with Crippen molar-refractivity contribution in [3.05, 3.63) is 60.1 Å². The smallest absolute Gasteiger partial charge is 0.127 e. The first-order valence-electron chi connectivity index (χ1n) is 7.70. The number of hydrogen-bond acceptors (Lipinski definition) is 2. The standard InChI is InChI=1S/C14H16FN.C5H8O/c1-14(2)9-5-7-11(15)13(14)10-6-3-4-8-12(10)16;1-2-4-6-5-3-1/h3-8H,9,16H2,1-2H3;2,4H,1,3,5H2. The summed E-state index contributed by atoms with van der Waals surface area (Å²) in [4.78, 5) is 0. The predicted octanol–water partition coefficient (Wildman–Crippen LogP) is 5.25. The van der Waals surface area contributed by atoms with Gasteiger partial charge in [-0.3, -0.25) is 0 Å². The maximum atomic E-state index is 13.9. The summed E-state index contributed by atoms with van der Waals surface area (Å²) in [5, 5.41) is 0. The Hall–Kier alpha value is -2.03. The number of halogens is 1. The molecular weight excluding hydrogens is 277 g/mol. The summed E-state index contributed by atoms with van der Waals surface area (Å²) >= 11 is 0. The van der Waals surface area contributed by atoms with E-state index in [1.807, 2.05) is 50.3 Å². The van der Waals surface area contributed by atoms with E-state index in [1.54, 1.807) is 6.26 Å². The molecule has 1 aliphatic carbocycles. The Morgan fingerprint density at radius 1 is 1.18 bits per heavy atom. The van der Waals surface area contributed by atoms with Crippen LogP contribution in [-0.2, 0) is 4.74 Å². The van der Waals surface area contributed by atoms with Gasteiger partial charge in [0.1, 0.15) is 5.83 Å². The van der Waals surface area contributed by atoms with Crippen molar-refractivity contribution in [2.24, 2.45) is 5.41 Å². The number of nitrogens with two attached hydrogens (primary N) is 1. The van der Waals surface area contributed by atoms with E-state index in [0.29, 0.717) is 11.3 Å². The Kier molecular flexibility index (Phi) is 5.42. The third-order valence-corrected chi connectivity index (χ3v) is 3.86. The highest BCUT2D eigenvalue weighted by molar-refractivity contribution is 5.81. The topological polar surface area (TPSA) is 35.2 Å². The van der Waals surface area contributed by atoms with Gasteiger partial charge in [-0.1, -0.05) is 38.1 Å². The van der Waals surface area contributed by atoms with Crippen LogP contribution in [0.15, 0.2) is 54.6 Å². The largest absolute Gasteiger partial charge is 0.502 e. The van der Waals surface area contributed by atoms with Crippen molar-refractivity contribution in [1.82, 2.24) is 0 Å². The van der Waals surface area contributed by atoms with E-state index >= 15 is 0 Å². The number of rotatable bonds is 1. The van der Waals surface area contributed by atoms with Gasteiger partial charge < -0.3 is 10.5 Å². The number of benzene rings is 1. The van der Waals surface area contributed by atoms with Gasteiger partial charge in [0.05, 0.1) is 12.9 Å². The van der Waals surface area contributed by atoms with Crippen LogP contribution in [0.3, 0.4) is 0 Å². The zero-order valence-corrected chi connectivity index (χ0v) is 13.3. The van der Waals surface area contributed by atoms with E-state index in [2.05, 4.69) is 0 Å². The first-order valence-corrected chi connectivity index (χ1v) is 7.70. The van der Waals surface area contributed by atoms with Gasteiger partial charge in [0.15, 0.2) is 0 Å². The minimum atomic E-state index is -0.200. The average molecular weight is 301 g/mol. The highest BCUT2D eigenvalue weighted by Gasteiger charge is 2.29. The first-order chi connectivity index (χ1) is 10.5. The van der Waals surface area contributed by atoms with Crippen LogP contribution in [0, 0.1) is 5.41 Å². The van der Waals surface area contributed by atoms with Crippen LogP contribution >= 0.6 is 0 Å². The van der Waals surface area contributed by atoms with Gasteiger partial charge in [0, 0.05) is 16.8 Å². The minimum Gasteiger partial charge on any atom is -0.502 e. The van der Waals surface area contributed by atoms with Crippen molar-refractivity contribution in [2.75, 3.05) is 12.3 Å². The van der Waals surface area contributed by atoms with Gasteiger partial charge in [-0.05, 0) is 42.9 Å². The summed E-state index contributed by atoms with van der Waals surface area (Å²) in [6.45, 7) is 4.99. The lowest BCUT2D eigenvalue weighted by Gasteiger charge is -2.30. The summed E-state index contributed by atoms with van der Waals surface area (Å²) in [6.07, 6.45) is 10.4. The molecule has 0 amide bonds. The summed E-state index contributed by atoms with van der Waals surface area (Å²) in [5.41, 5.74) is 7.87. The van der Waals surface area contributed by atoms with Crippen molar-refractivity contribution in [3.8, 4) is 0 Å². The lowest BCUT2D eigenvalue weighted by Crippen LogP contribution is -2.17. The van der Waals surface area contributed by atoms with Gasteiger partial charge in [0.25, 0.3) is 0 Å². The zero-order valence-electron chi connectivity index (χ0n) is 13.3. The van der Waals surface area contributed by atoms with Crippen LogP contribution in [0.2, 0.25) is 0 Å². The molecule has 1 aliphatic heterocycles. The summed E-state index contributed by atoms with van der Waals surface area (Å²) in [7, 11) is 0. The Balaban J connectivity index is 0.000000246. The van der Waals surface area contributed by atoms with Gasteiger partial charge in [0.2, 0.25) is 0 Å². The molecule has 0 saturated heterocycles. The monoisotopic (exact) mass is 301 g/mol. The fraction of sp³-hybridized carbons (Fsp3) is 0.368. The van der Waals surface area contributed by atoms with Crippen molar-refractivity contribution in [2.45, 2.75) is 33.1 Å². The molecule has 0 atom stereocenters. The number of hydrogen-bond donors (Lipinski definition) is 1. The molecule has 22 heavy (non-hydrogen) atoms. The second-order valence-corrected chi connectivity index (χ2v) is 6.19. The van der Waals surface area contributed by atoms with E-state index in [9.17, 15) is 4.39 Å². The predicted molar refractivity (Wildman–Crippen MR) is 90.7 cm³/mol. The molecule has 0 radical (unpaired) electrons. The lowest BCUT2D eigenvalue weighted by atomic mass is 9.74. The molecule has 1 heterocycles. The highest BCUT2D eigenvalue weighted by atomic mass is 19.1. The molecule has 0 fully saturated rings. The van der Waals surface area contributed by atoms with Crippen LogP contribution in [0.5, 0.6) is 0 Å². The molecule has 1 aromatic carbocycles. The molecule has 0 aromatic heterocycles. The Labute approximate surface area is 132 Å². The maximum absolute atomic E-state index is 13.9. The molecule has 0 bridgehead atoms. The highest BCUT2D eigenvalue weighted by Crippen LogP contribution is 2.45. The number of para-hydroxylation sites is 1. The second-order valence-electron chi connectivity index (χ2n) is 6.19. The molecule has 2 N–H and O–H groups in total. The van der Waals surface area contributed by atoms with E-state index < -0.39 is 0 Å². The van der Waals surface area contributed by atoms with Crippen molar-refractivity contribution < 1.29 is 9.13 Å². The fourth-order valence-electron chi connectivity index (χ4n) is 2.67. The Bertz CT molecular complexity index is 591. The van der Waals surface area contributed by atoms with Gasteiger partial charge >= 0.3 is 0 Å². The maximum Gasteiger partial charge on any atom is 0.127 e. The molecule has 0 saturated carbocycles. The lowest BCUT2D eigenvalue weighted by molar-refractivity contribution is 0.231. The first kappa shape index (κ1) is 16.3. The van der Waals surface area contributed by atoms with E-state index in [1.165, 1.54) is 18.9 Å². The van der Waals surface area contributed by atoms with Crippen LogP contribution in [0.25, 0.3) is 5.57 Å². The summed E-state index contributed by atoms with van der Waals surface area (Å²) in [6, 6.07) is 7.44.